The van der Waals surface area contributed by atoms with E-state index in [2.05, 4.69) is 11.6 Å². The van der Waals surface area contributed by atoms with Gasteiger partial charge in [0.25, 0.3) is 5.91 Å². The van der Waals surface area contributed by atoms with Crippen LogP contribution in [0.25, 0.3) is 0 Å². The van der Waals surface area contributed by atoms with Crippen LogP contribution in [0.1, 0.15) is 21.1 Å². The number of carbonyl (C=O) groups is 1. The maximum absolute atomic E-state index is 12.6. The van der Waals surface area contributed by atoms with Gasteiger partial charge in [0.2, 0.25) is 0 Å². The molecule has 0 saturated carbocycles. The molecule has 0 aliphatic rings. The molecule has 0 bridgehead atoms. The summed E-state index contributed by atoms with van der Waals surface area (Å²) in [5.74, 6) is 0.0396. The first-order valence-electron chi connectivity index (χ1n) is 7.39. The molecule has 0 saturated heterocycles. The maximum Gasteiger partial charge on any atom is 0.406 e. The molecule has 8 heteroatoms. The molecule has 0 atom stereocenters. The van der Waals surface area contributed by atoms with Crippen LogP contribution in [0.2, 0.25) is 0 Å². The fourth-order valence-electron chi connectivity index (χ4n) is 2.10. The summed E-state index contributed by atoms with van der Waals surface area (Å²) in [7, 11) is 0. The predicted octanol–water partition coefficient (Wildman–Crippen LogP) is 4.93. The highest BCUT2D eigenvalue weighted by atomic mass is 32.2. The number of aryl methyl sites for hydroxylation is 1. The summed E-state index contributed by atoms with van der Waals surface area (Å²) in [4.78, 5) is 18.3. The van der Waals surface area contributed by atoms with E-state index in [0.29, 0.717) is 5.75 Å². The van der Waals surface area contributed by atoms with E-state index < -0.39 is 18.6 Å². The van der Waals surface area contributed by atoms with Crippen LogP contribution in [0.15, 0.2) is 47.2 Å². The molecule has 2 aromatic rings. The molecule has 1 amide bonds. The minimum Gasteiger partial charge on any atom is -0.326 e. The predicted molar refractivity (Wildman–Crippen MR) is 95.0 cm³/mol. The van der Waals surface area contributed by atoms with Crippen molar-refractivity contribution < 1.29 is 18.0 Å². The Bertz CT molecular complexity index is 726. The van der Waals surface area contributed by atoms with Gasteiger partial charge in [-0.05, 0) is 31.2 Å². The molecule has 1 heterocycles. The molecule has 25 heavy (non-hydrogen) atoms. The van der Waals surface area contributed by atoms with Crippen molar-refractivity contribution in [3.8, 4) is 0 Å². The summed E-state index contributed by atoms with van der Waals surface area (Å²) in [5.41, 5.74) is 1.20. The molecule has 0 aliphatic carbocycles. The molecule has 1 aromatic heterocycles. The van der Waals surface area contributed by atoms with Crippen LogP contribution in [0, 0.1) is 6.92 Å². The third-order valence-electron chi connectivity index (χ3n) is 3.16. The number of aromatic nitrogens is 1. The number of rotatable bonds is 7. The van der Waals surface area contributed by atoms with Gasteiger partial charge in [-0.1, -0.05) is 6.08 Å². The molecule has 134 valence electrons. The van der Waals surface area contributed by atoms with Crippen molar-refractivity contribution in [3.63, 3.8) is 0 Å². The summed E-state index contributed by atoms with van der Waals surface area (Å²) >= 11 is 3.14. The minimum absolute atomic E-state index is 0.155. The largest absolute Gasteiger partial charge is 0.406 e. The second kappa shape index (κ2) is 8.53. The number of thiazole rings is 1. The molecule has 0 N–H and O–H groups in total. The summed E-state index contributed by atoms with van der Waals surface area (Å²) in [6, 6.07) is 6.56. The van der Waals surface area contributed by atoms with Crippen molar-refractivity contribution in [2.75, 3.05) is 13.1 Å². The van der Waals surface area contributed by atoms with Crippen LogP contribution in [0.3, 0.4) is 0 Å². The van der Waals surface area contributed by atoms with E-state index in [1.54, 1.807) is 47.4 Å². The lowest BCUT2D eigenvalue weighted by atomic mass is 10.2. The Morgan fingerprint density at radius 2 is 2.04 bits per heavy atom. The van der Waals surface area contributed by atoms with Crippen molar-refractivity contribution in [3.05, 3.63) is 58.6 Å². The lowest BCUT2D eigenvalue weighted by molar-refractivity contribution is -0.139. The van der Waals surface area contributed by atoms with Crippen molar-refractivity contribution in [1.82, 2.24) is 9.88 Å². The van der Waals surface area contributed by atoms with Crippen molar-refractivity contribution >= 4 is 29.0 Å². The summed E-state index contributed by atoms with van der Waals surface area (Å²) in [6.07, 6.45) is -3.16. The molecule has 1 aromatic carbocycles. The van der Waals surface area contributed by atoms with Gasteiger partial charge in [-0.25, -0.2) is 4.98 Å². The van der Waals surface area contributed by atoms with Gasteiger partial charge in [0.05, 0.1) is 10.7 Å². The lowest BCUT2D eigenvalue weighted by Crippen LogP contribution is -2.39. The molecule has 2 rings (SSSR count). The van der Waals surface area contributed by atoms with Gasteiger partial charge in [-0.15, -0.1) is 29.7 Å². The molecular formula is C17H17F3N2OS2. The van der Waals surface area contributed by atoms with E-state index in [4.69, 9.17) is 0 Å². The van der Waals surface area contributed by atoms with E-state index in [0.717, 1.165) is 20.5 Å². The second-order valence-electron chi connectivity index (χ2n) is 5.26. The lowest BCUT2D eigenvalue weighted by Gasteiger charge is -2.22. The highest BCUT2D eigenvalue weighted by Crippen LogP contribution is 2.24. The van der Waals surface area contributed by atoms with Crippen LogP contribution in [0.4, 0.5) is 13.2 Å². The number of hydrogen-bond donors (Lipinski definition) is 0. The van der Waals surface area contributed by atoms with Gasteiger partial charge in [-0.2, -0.15) is 13.2 Å². The fourth-order valence-corrected chi connectivity index (χ4v) is 3.61. The highest BCUT2D eigenvalue weighted by molar-refractivity contribution is 7.98. The van der Waals surface area contributed by atoms with E-state index in [9.17, 15) is 18.0 Å². The Labute approximate surface area is 152 Å². The third-order valence-corrected chi connectivity index (χ3v) is 5.03. The smallest absolute Gasteiger partial charge is 0.326 e. The number of nitrogens with zero attached hydrogens (tertiary/aromatic N) is 2. The number of carbonyl (C=O) groups excluding carboxylic acids is 1. The molecule has 3 nitrogen and oxygen atoms in total. The molecular weight excluding hydrogens is 369 g/mol. The van der Waals surface area contributed by atoms with Crippen molar-refractivity contribution in [1.29, 1.82) is 0 Å². The Morgan fingerprint density at radius 1 is 1.36 bits per heavy atom. The third kappa shape index (κ3) is 6.21. The Morgan fingerprint density at radius 3 is 2.56 bits per heavy atom. The molecule has 0 radical (unpaired) electrons. The van der Waals surface area contributed by atoms with Gasteiger partial charge in [0.15, 0.2) is 0 Å². The fraction of sp³-hybridized carbons (Fsp3) is 0.294. The van der Waals surface area contributed by atoms with Gasteiger partial charge in [0, 0.05) is 28.1 Å². The number of alkyl halides is 3. The molecule has 0 spiro atoms. The first kappa shape index (κ1) is 19.5. The van der Waals surface area contributed by atoms with Gasteiger partial charge in [-0.3, -0.25) is 4.79 Å². The zero-order valence-corrected chi connectivity index (χ0v) is 15.2. The summed E-state index contributed by atoms with van der Waals surface area (Å²) in [6.45, 7) is 3.90. The van der Waals surface area contributed by atoms with Crippen molar-refractivity contribution in [2.45, 2.75) is 23.7 Å². The van der Waals surface area contributed by atoms with Crippen molar-refractivity contribution in [2.24, 2.45) is 0 Å². The number of thioether (sulfide) groups is 1. The molecule has 0 unspecified atom stereocenters. The standard InChI is InChI=1S/C17H17F3N2OS2/c1-3-8-22(11-17(18,19)20)16(23)13-4-6-15(7-5-13)25-10-14-9-24-12(2)21-14/h3-7,9H,1,8,10-11H2,2H3. The minimum atomic E-state index is -4.44. The maximum atomic E-state index is 12.6. The van der Waals surface area contributed by atoms with E-state index in [1.807, 2.05) is 12.3 Å². The Hall–Kier alpha value is -1.80. The average Bonchev–Trinajstić information content (AvgIpc) is 2.97. The monoisotopic (exact) mass is 386 g/mol. The Balaban J connectivity index is 2.01. The first-order valence-corrected chi connectivity index (χ1v) is 9.26. The first-order chi connectivity index (χ1) is 11.8. The van der Waals surface area contributed by atoms with Crippen LogP contribution in [-0.2, 0) is 5.75 Å². The second-order valence-corrected chi connectivity index (χ2v) is 7.37. The number of hydrogen-bond acceptors (Lipinski definition) is 4. The number of amides is 1. The number of halogens is 3. The van der Waals surface area contributed by atoms with E-state index >= 15 is 0 Å². The van der Waals surface area contributed by atoms with E-state index in [-0.39, 0.29) is 12.1 Å². The highest BCUT2D eigenvalue weighted by Gasteiger charge is 2.32. The van der Waals surface area contributed by atoms with Gasteiger partial charge >= 0.3 is 6.18 Å². The van der Waals surface area contributed by atoms with E-state index in [1.165, 1.54) is 6.08 Å². The number of benzene rings is 1. The van der Waals surface area contributed by atoms with Crippen LogP contribution in [-0.4, -0.2) is 35.1 Å². The molecule has 0 aliphatic heterocycles. The quantitative estimate of drug-likeness (QED) is 0.499. The van der Waals surface area contributed by atoms with Gasteiger partial charge < -0.3 is 4.90 Å². The van der Waals surface area contributed by atoms with Crippen LogP contribution >= 0.6 is 23.1 Å². The van der Waals surface area contributed by atoms with Gasteiger partial charge in [0.1, 0.15) is 6.54 Å². The SMILES string of the molecule is C=CCN(CC(F)(F)F)C(=O)c1ccc(SCc2csc(C)n2)cc1. The summed E-state index contributed by atoms with van der Waals surface area (Å²) < 4.78 is 37.8. The Kier molecular flexibility index (Phi) is 6.66. The molecule has 0 fully saturated rings. The normalized spacial score (nSPS) is 11.4. The zero-order valence-electron chi connectivity index (χ0n) is 13.5. The zero-order chi connectivity index (χ0) is 18.4. The van der Waals surface area contributed by atoms with Crippen LogP contribution in [0.5, 0.6) is 0 Å². The van der Waals surface area contributed by atoms with Crippen LogP contribution < -0.4 is 0 Å². The average molecular weight is 386 g/mol. The topological polar surface area (TPSA) is 33.2 Å². The summed E-state index contributed by atoms with van der Waals surface area (Å²) in [5, 5.41) is 2.99.